The first kappa shape index (κ1) is 26.6. The number of benzene rings is 1. The molecule has 0 aliphatic carbocycles. The van der Waals surface area contributed by atoms with E-state index in [0.29, 0.717) is 19.4 Å². The molecule has 2 unspecified atom stereocenters. The van der Waals surface area contributed by atoms with Crippen molar-refractivity contribution < 1.29 is 28.7 Å². The number of Topliss-reactive ketones (excluding diaryl/α,β-unsaturated/α-hetero) is 1. The summed E-state index contributed by atoms with van der Waals surface area (Å²) in [4.78, 5) is 51.7. The quantitative estimate of drug-likeness (QED) is 0.0720. The molecule has 1 aromatic rings. The summed E-state index contributed by atoms with van der Waals surface area (Å²) in [7, 11) is 1.60. The molecule has 0 radical (unpaired) electrons. The van der Waals surface area contributed by atoms with Crippen molar-refractivity contribution in [2.75, 3.05) is 20.4 Å². The lowest BCUT2D eigenvalue weighted by molar-refractivity contribution is -0.170. The molecule has 0 bridgehead atoms. The lowest BCUT2D eigenvalue weighted by Gasteiger charge is -2.19. The van der Waals surface area contributed by atoms with Gasteiger partial charge in [-0.2, -0.15) is 0 Å². The van der Waals surface area contributed by atoms with Crippen LogP contribution in [0.4, 0.5) is 0 Å². The van der Waals surface area contributed by atoms with Crippen LogP contribution in [0.5, 0.6) is 0 Å². The van der Waals surface area contributed by atoms with Crippen molar-refractivity contribution >= 4 is 29.6 Å². The number of ketones is 1. The van der Waals surface area contributed by atoms with Crippen molar-refractivity contribution in [3.63, 3.8) is 0 Å². The number of guanidine groups is 1. The summed E-state index contributed by atoms with van der Waals surface area (Å²) >= 11 is 0. The molecule has 0 aliphatic heterocycles. The molecule has 11 heteroatoms. The molecule has 2 atom stereocenters. The van der Waals surface area contributed by atoms with Crippen molar-refractivity contribution in [2.45, 2.75) is 44.7 Å². The third kappa shape index (κ3) is 11.1. The highest BCUT2D eigenvalue weighted by molar-refractivity contribution is 5.98. The van der Waals surface area contributed by atoms with Gasteiger partial charge in [-0.25, -0.2) is 4.79 Å². The minimum absolute atomic E-state index is 0.0269. The Morgan fingerprint density at radius 3 is 2.22 bits per heavy atom. The average Bonchev–Trinajstić information content (AvgIpc) is 2.73. The highest BCUT2D eigenvalue weighted by Gasteiger charge is 2.24. The number of carbonyl (C=O) groups is 4. The fourth-order valence-corrected chi connectivity index (χ4v) is 2.74. The fourth-order valence-electron chi connectivity index (χ4n) is 2.74. The number of ether oxygens (including phenoxy) is 2. The van der Waals surface area contributed by atoms with E-state index in [2.05, 4.69) is 15.6 Å². The predicted octanol–water partition coefficient (Wildman–Crippen LogP) is -0.621. The van der Waals surface area contributed by atoms with Gasteiger partial charge in [0.25, 0.3) is 0 Å². The van der Waals surface area contributed by atoms with E-state index >= 15 is 0 Å². The maximum atomic E-state index is 12.5. The molecule has 0 saturated heterocycles. The first-order chi connectivity index (χ1) is 15.2. The Morgan fingerprint density at radius 2 is 1.66 bits per heavy atom. The van der Waals surface area contributed by atoms with Gasteiger partial charge in [-0.1, -0.05) is 30.3 Å². The Hall–Kier alpha value is -3.47. The zero-order valence-electron chi connectivity index (χ0n) is 18.3. The third-order valence-electron chi connectivity index (χ3n) is 4.29. The maximum absolute atomic E-state index is 12.5. The number of amides is 1. The van der Waals surface area contributed by atoms with Crippen LogP contribution < -0.4 is 22.1 Å². The Bertz CT molecular complexity index is 795. The smallest absolute Gasteiger partial charge is 0.331 e. The van der Waals surface area contributed by atoms with Crippen LogP contribution in [0.1, 0.15) is 31.7 Å². The molecule has 32 heavy (non-hydrogen) atoms. The van der Waals surface area contributed by atoms with E-state index in [1.807, 2.05) is 6.07 Å². The molecule has 11 nitrogen and oxygen atoms in total. The summed E-state index contributed by atoms with van der Waals surface area (Å²) in [5.74, 6) is -2.34. The molecule has 1 aromatic carbocycles. The summed E-state index contributed by atoms with van der Waals surface area (Å²) in [6.07, 6.45) is 0.760. The van der Waals surface area contributed by atoms with E-state index in [0.717, 1.165) is 5.56 Å². The van der Waals surface area contributed by atoms with Crippen LogP contribution in [-0.4, -0.2) is 62.1 Å². The molecule has 1 rings (SSSR count). The van der Waals surface area contributed by atoms with Crippen molar-refractivity contribution in [3.8, 4) is 0 Å². The van der Waals surface area contributed by atoms with Crippen LogP contribution in [0, 0.1) is 0 Å². The predicted molar refractivity (Wildman–Crippen MR) is 117 cm³/mol. The number of hydrogen-bond donors (Lipinski definition) is 4. The van der Waals surface area contributed by atoms with Crippen LogP contribution >= 0.6 is 0 Å². The standard InChI is InChI=1S/C21H31N5O6/c1-14(27)11-18(28)26-17(12-15-7-4-3-5-8-15)20(30)32-13-31-19(29)16(24-2)9-6-10-25-21(22)23/h3-5,7-8,16-17,24H,6,9-13H2,1-2H3,(H,26,28)(H4,22,23,25). The van der Waals surface area contributed by atoms with Gasteiger partial charge in [0.1, 0.15) is 17.9 Å². The van der Waals surface area contributed by atoms with Gasteiger partial charge < -0.3 is 31.6 Å². The van der Waals surface area contributed by atoms with Crippen LogP contribution in [0.15, 0.2) is 35.3 Å². The Labute approximate surface area is 186 Å². The second kappa shape index (κ2) is 14.5. The normalized spacial score (nSPS) is 12.2. The largest absolute Gasteiger partial charge is 0.427 e. The topological polar surface area (TPSA) is 175 Å². The van der Waals surface area contributed by atoms with Crippen molar-refractivity contribution in [1.82, 2.24) is 10.6 Å². The van der Waals surface area contributed by atoms with Gasteiger partial charge in [-0.05, 0) is 32.4 Å². The van der Waals surface area contributed by atoms with Gasteiger partial charge >= 0.3 is 11.9 Å². The minimum Gasteiger partial charge on any atom is -0.427 e. The van der Waals surface area contributed by atoms with Gasteiger partial charge in [0.05, 0.1) is 6.42 Å². The molecule has 0 saturated carbocycles. The molecule has 1 amide bonds. The lowest BCUT2D eigenvalue weighted by Crippen LogP contribution is -2.44. The molecule has 0 aliphatic rings. The summed E-state index contributed by atoms with van der Waals surface area (Å²) < 4.78 is 10.1. The van der Waals surface area contributed by atoms with E-state index in [4.69, 9.17) is 20.9 Å². The number of likely N-dealkylation sites (N-methyl/N-ethyl adjacent to an activating group) is 1. The highest BCUT2D eigenvalue weighted by atomic mass is 16.7. The van der Waals surface area contributed by atoms with E-state index in [1.165, 1.54) is 6.92 Å². The molecule has 6 N–H and O–H groups in total. The summed E-state index contributed by atoms with van der Waals surface area (Å²) in [5, 5.41) is 5.31. The number of aliphatic imine (C=N–C) groups is 1. The van der Waals surface area contributed by atoms with Crippen LogP contribution in [0.25, 0.3) is 0 Å². The lowest BCUT2D eigenvalue weighted by atomic mass is 10.1. The third-order valence-corrected chi connectivity index (χ3v) is 4.29. The molecular weight excluding hydrogens is 418 g/mol. The van der Waals surface area contributed by atoms with Crippen molar-refractivity contribution in [3.05, 3.63) is 35.9 Å². The molecule has 176 valence electrons. The number of nitrogens with zero attached hydrogens (tertiary/aromatic N) is 1. The molecule has 0 aromatic heterocycles. The zero-order valence-corrected chi connectivity index (χ0v) is 18.3. The summed E-state index contributed by atoms with van der Waals surface area (Å²) in [6, 6.07) is 7.32. The molecular formula is C21H31N5O6. The van der Waals surface area contributed by atoms with E-state index < -0.39 is 36.7 Å². The zero-order chi connectivity index (χ0) is 23.9. The highest BCUT2D eigenvalue weighted by Crippen LogP contribution is 2.06. The number of carbonyl (C=O) groups excluding carboxylic acids is 4. The number of hydrogen-bond acceptors (Lipinski definition) is 8. The average molecular weight is 450 g/mol. The van der Waals surface area contributed by atoms with Gasteiger partial charge in [-0.15, -0.1) is 0 Å². The van der Waals surface area contributed by atoms with Gasteiger partial charge in [-0.3, -0.25) is 19.4 Å². The fraction of sp³-hybridized carbons (Fsp3) is 0.476. The molecule has 0 heterocycles. The monoisotopic (exact) mass is 449 g/mol. The number of nitrogens with two attached hydrogens (primary N) is 2. The Kier molecular flexibility index (Phi) is 12.1. The molecule has 0 fully saturated rings. The number of rotatable bonds is 14. The number of nitrogens with one attached hydrogen (secondary N) is 2. The second-order valence-electron chi connectivity index (χ2n) is 7.02. The van der Waals surface area contributed by atoms with Gasteiger partial charge in [0, 0.05) is 13.0 Å². The van der Waals surface area contributed by atoms with E-state index in [1.54, 1.807) is 31.3 Å². The minimum atomic E-state index is -1.04. The van der Waals surface area contributed by atoms with E-state index in [9.17, 15) is 19.2 Å². The molecule has 0 spiro atoms. The van der Waals surface area contributed by atoms with Crippen molar-refractivity contribution in [2.24, 2.45) is 16.5 Å². The van der Waals surface area contributed by atoms with Crippen LogP contribution in [-0.2, 0) is 35.1 Å². The van der Waals surface area contributed by atoms with E-state index in [-0.39, 0.29) is 24.6 Å². The summed E-state index contributed by atoms with van der Waals surface area (Å²) in [5.41, 5.74) is 11.3. The van der Waals surface area contributed by atoms with Gasteiger partial charge in [0.15, 0.2) is 5.96 Å². The Morgan fingerprint density at radius 1 is 1.03 bits per heavy atom. The SMILES string of the molecule is CNC(CCCN=C(N)N)C(=O)OCOC(=O)C(Cc1ccccc1)NC(=O)CC(C)=O. The van der Waals surface area contributed by atoms with Crippen LogP contribution in [0.3, 0.4) is 0 Å². The first-order valence-corrected chi connectivity index (χ1v) is 10.1. The van der Waals surface area contributed by atoms with Gasteiger partial charge in [0.2, 0.25) is 12.7 Å². The number of esters is 2. The van der Waals surface area contributed by atoms with Crippen LogP contribution in [0.2, 0.25) is 0 Å². The van der Waals surface area contributed by atoms with Crippen molar-refractivity contribution in [1.29, 1.82) is 0 Å². The second-order valence-corrected chi connectivity index (χ2v) is 7.02. The summed E-state index contributed by atoms with van der Waals surface area (Å²) in [6.45, 7) is 1.03. The first-order valence-electron chi connectivity index (χ1n) is 10.1. The Balaban J connectivity index is 2.60. The maximum Gasteiger partial charge on any atom is 0.331 e.